The van der Waals surface area contributed by atoms with Crippen LogP contribution in [0.25, 0.3) is 0 Å². The Morgan fingerprint density at radius 3 is 2.89 bits per heavy atom. The molecule has 2 rings (SSSR count). The highest BCUT2D eigenvalue weighted by molar-refractivity contribution is 6.31. The number of nitrogens with two attached hydrogens (primary N) is 1. The summed E-state index contributed by atoms with van der Waals surface area (Å²) in [5, 5.41) is 10.1. The summed E-state index contributed by atoms with van der Waals surface area (Å²) >= 11 is 6.20. The van der Waals surface area contributed by atoms with E-state index in [1.807, 2.05) is 32.0 Å². The first-order chi connectivity index (χ1) is 8.96. The van der Waals surface area contributed by atoms with Crippen LogP contribution in [0.15, 0.2) is 18.2 Å². The van der Waals surface area contributed by atoms with Crippen molar-refractivity contribution >= 4 is 17.3 Å². The van der Waals surface area contributed by atoms with E-state index in [-0.39, 0.29) is 18.3 Å². The zero-order chi connectivity index (χ0) is 14.0. The van der Waals surface area contributed by atoms with E-state index in [0.29, 0.717) is 18.1 Å². The van der Waals surface area contributed by atoms with Crippen molar-refractivity contribution in [1.82, 2.24) is 0 Å². The molecule has 5 heteroatoms. The van der Waals surface area contributed by atoms with Gasteiger partial charge in [0.15, 0.2) is 0 Å². The van der Waals surface area contributed by atoms with Gasteiger partial charge in [-0.1, -0.05) is 17.7 Å². The van der Waals surface area contributed by atoms with E-state index in [2.05, 4.69) is 4.90 Å². The minimum Gasteiger partial charge on any atom is -0.394 e. The van der Waals surface area contributed by atoms with Crippen LogP contribution in [0.5, 0.6) is 0 Å². The predicted molar refractivity (Wildman–Crippen MR) is 77.6 cm³/mol. The number of morpholine rings is 1. The summed E-state index contributed by atoms with van der Waals surface area (Å²) in [5.41, 5.74) is 7.47. The highest BCUT2D eigenvalue weighted by Gasteiger charge is 2.33. The molecular weight excluding hydrogens is 264 g/mol. The van der Waals surface area contributed by atoms with E-state index in [1.54, 1.807) is 0 Å². The fourth-order valence-corrected chi connectivity index (χ4v) is 2.87. The Morgan fingerprint density at radius 1 is 1.53 bits per heavy atom. The van der Waals surface area contributed by atoms with E-state index in [9.17, 15) is 5.11 Å². The fourth-order valence-electron chi connectivity index (χ4n) is 2.62. The third-order valence-corrected chi connectivity index (χ3v) is 3.68. The lowest BCUT2D eigenvalue weighted by molar-refractivity contribution is -0.101. The molecule has 4 nitrogen and oxygen atoms in total. The van der Waals surface area contributed by atoms with Crippen LogP contribution in [0, 0.1) is 0 Å². The molecule has 1 heterocycles. The van der Waals surface area contributed by atoms with Crippen molar-refractivity contribution < 1.29 is 9.84 Å². The number of ether oxygens (including phenoxy) is 1. The molecule has 1 aromatic rings. The minimum atomic E-state index is -0.306. The number of rotatable bonds is 3. The summed E-state index contributed by atoms with van der Waals surface area (Å²) in [5.74, 6) is 0. The Hall–Kier alpha value is -0.810. The summed E-state index contributed by atoms with van der Waals surface area (Å²) in [4.78, 5) is 2.19. The van der Waals surface area contributed by atoms with Crippen LogP contribution >= 0.6 is 11.6 Å². The molecule has 0 bridgehead atoms. The van der Waals surface area contributed by atoms with Gasteiger partial charge >= 0.3 is 0 Å². The topological polar surface area (TPSA) is 58.7 Å². The lowest BCUT2D eigenvalue weighted by Gasteiger charge is -2.44. The van der Waals surface area contributed by atoms with Crippen molar-refractivity contribution in [2.45, 2.75) is 32.1 Å². The van der Waals surface area contributed by atoms with Crippen molar-refractivity contribution in [3.8, 4) is 0 Å². The molecular formula is C14H21ClN2O2. The maximum atomic E-state index is 9.37. The first-order valence-electron chi connectivity index (χ1n) is 6.48. The summed E-state index contributed by atoms with van der Waals surface area (Å²) in [6.45, 7) is 5.85. The molecule has 19 heavy (non-hydrogen) atoms. The fraction of sp³-hybridized carbons (Fsp3) is 0.571. The van der Waals surface area contributed by atoms with Gasteiger partial charge in [0.2, 0.25) is 0 Å². The van der Waals surface area contributed by atoms with E-state index in [0.717, 1.165) is 17.8 Å². The Balaban J connectivity index is 2.33. The third-order valence-electron chi connectivity index (χ3n) is 3.32. The zero-order valence-electron chi connectivity index (χ0n) is 11.4. The van der Waals surface area contributed by atoms with E-state index in [4.69, 9.17) is 22.1 Å². The monoisotopic (exact) mass is 284 g/mol. The van der Waals surface area contributed by atoms with Crippen LogP contribution < -0.4 is 10.6 Å². The summed E-state index contributed by atoms with van der Waals surface area (Å²) in [6, 6.07) is 5.79. The molecule has 0 aromatic heterocycles. The molecule has 1 unspecified atom stereocenters. The number of hydrogen-bond donors (Lipinski definition) is 2. The van der Waals surface area contributed by atoms with Crippen molar-refractivity contribution in [3.63, 3.8) is 0 Å². The highest BCUT2D eigenvalue weighted by atomic mass is 35.5. The molecule has 1 aliphatic heterocycles. The van der Waals surface area contributed by atoms with Gasteiger partial charge in [0.25, 0.3) is 0 Å². The molecule has 1 aromatic carbocycles. The van der Waals surface area contributed by atoms with Crippen LogP contribution in [-0.4, -0.2) is 36.5 Å². The highest BCUT2D eigenvalue weighted by Crippen LogP contribution is 2.31. The summed E-state index contributed by atoms with van der Waals surface area (Å²) in [7, 11) is 0. The number of halogens is 1. The average Bonchev–Trinajstić information content (AvgIpc) is 2.36. The first kappa shape index (κ1) is 14.6. The van der Waals surface area contributed by atoms with Gasteiger partial charge in [0.1, 0.15) is 0 Å². The average molecular weight is 285 g/mol. The Morgan fingerprint density at radius 2 is 2.26 bits per heavy atom. The number of aliphatic hydroxyl groups excluding tert-OH is 1. The number of hydrogen-bond acceptors (Lipinski definition) is 4. The molecule has 0 saturated carbocycles. The number of anilines is 1. The molecule has 106 valence electrons. The maximum Gasteiger partial charge on any atom is 0.0988 e. The molecule has 0 amide bonds. The van der Waals surface area contributed by atoms with Gasteiger partial charge in [-0.15, -0.1) is 0 Å². The SMILES string of the molecule is CC1(C)CN(c2cccc(Cl)c2CN)CC(CO)O1. The van der Waals surface area contributed by atoms with Crippen LogP contribution in [0.2, 0.25) is 5.02 Å². The van der Waals surface area contributed by atoms with Gasteiger partial charge in [-0.05, 0) is 26.0 Å². The summed E-state index contributed by atoms with van der Waals surface area (Å²) in [6.07, 6.45) is -0.187. The standard InChI is InChI=1S/C14H21ClN2O2/c1-14(2)9-17(7-10(8-18)19-14)13-5-3-4-12(15)11(13)6-16/h3-5,10,18H,6-9,16H2,1-2H3. The smallest absolute Gasteiger partial charge is 0.0988 e. The van der Waals surface area contributed by atoms with E-state index >= 15 is 0 Å². The molecule has 1 atom stereocenters. The van der Waals surface area contributed by atoms with Crippen LogP contribution in [0.4, 0.5) is 5.69 Å². The van der Waals surface area contributed by atoms with Gasteiger partial charge in [-0.25, -0.2) is 0 Å². The number of nitrogens with zero attached hydrogens (tertiary/aromatic N) is 1. The quantitative estimate of drug-likeness (QED) is 0.888. The Kier molecular flexibility index (Phi) is 4.36. The lowest BCUT2D eigenvalue weighted by atomic mass is 10.0. The molecule has 1 saturated heterocycles. The van der Waals surface area contributed by atoms with Gasteiger partial charge in [-0.3, -0.25) is 0 Å². The normalized spacial score (nSPS) is 22.6. The molecule has 0 spiro atoms. The molecule has 1 fully saturated rings. The molecule has 0 aliphatic carbocycles. The zero-order valence-corrected chi connectivity index (χ0v) is 12.2. The van der Waals surface area contributed by atoms with Crippen molar-refractivity contribution in [3.05, 3.63) is 28.8 Å². The second kappa shape index (κ2) is 5.67. The number of aliphatic hydroxyl groups is 1. The summed E-state index contributed by atoms with van der Waals surface area (Å²) < 4.78 is 5.82. The molecule has 1 aliphatic rings. The number of benzene rings is 1. The predicted octanol–water partition coefficient (Wildman–Crippen LogP) is 1.77. The largest absolute Gasteiger partial charge is 0.394 e. The Bertz CT molecular complexity index is 451. The van der Waals surface area contributed by atoms with Gasteiger partial charge in [0.05, 0.1) is 18.3 Å². The molecule has 3 N–H and O–H groups in total. The van der Waals surface area contributed by atoms with E-state index in [1.165, 1.54) is 0 Å². The van der Waals surface area contributed by atoms with E-state index < -0.39 is 0 Å². The Labute approximate surface area is 119 Å². The van der Waals surface area contributed by atoms with Gasteiger partial charge in [-0.2, -0.15) is 0 Å². The van der Waals surface area contributed by atoms with Crippen LogP contribution in [-0.2, 0) is 11.3 Å². The second-order valence-electron chi connectivity index (χ2n) is 5.50. The first-order valence-corrected chi connectivity index (χ1v) is 6.85. The van der Waals surface area contributed by atoms with Gasteiger partial charge in [0, 0.05) is 35.9 Å². The second-order valence-corrected chi connectivity index (χ2v) is 5.91. The minimum absolute atomic E-state index is 0.0124. The molecule has 0 radical (unpaired) electrons. The van der Waals surface area contributed by atoms with Crippen LogP contribution in [0.1, 0.15) is 19.4 Å². The lowest BCUT2D eigenvalue weighted by Crippen LogP contribution is -2.54. The van der Waals surface area contributed by atoms with Crippen molar-refractivity contribution in [1.29, 1.82) is 0 Å². The maximum absolute atomic E-state index is 9.37. The van der Waals surface area contributed by atoms with Crippen molar-refractivity contribution in [2.24, 2.45) is 5.73 Å². The third kappa shape index (κ3) is 3.20. The van der Waals surface area contributed by atoms with Crippen LogP contribution in [0.3, 0.4) is 0 Å². The van der Waals surface area contributed by atoms with Crippen molar-refractivity contribution in [2.75, 3.05) is 24.6 Å². The van der Waals surface area contributed by atoms with Gasteiger partial charge < -0.3 is 20.5 Å².